The standard InChI is InChI=1S/C13H12Cl2O2/c1-13(16,10-4-5-17-8-10)7-9-2-3-11(14)12(15)6-9/h2-6,8,16H,7H2,1H3. The summed E-state index contributed by atoms with van der Waals surface area (Å²) >= 11 is 11.8. The molecular weight excluding hydrogens is 259 g/mol. The van der Waals surface area contributed by atoms with Gasteiger partial charge in [-0.05, 0) is 30.7 Å². The summed E-state index contributed by atoms with van der Waals surface area (Å²) in [5, 5.41) is 11.4. The summed E-state index contributed by atoms with van der Waals surface area (Å²) in [5.41, 5.74) is 0.679. The van der Waals surface area contributed by atoms with Gasteiger partial charge < -0.3 is 9.52 Å². The Morgan fingerprint density at radius 1 is 1.24 bits per heavy atom. The molecule has 90 valence electrons. The molecule has 1 aromatic heterocycles. The van der Waals surface area contributed by atoms with Crippen molar-refractivity contribution in [2.45, 2.75) is 18.9 Å². The maximum absolute atomic E-state index is 10.4. The monoisotopic (exact) mass is 270 g/mol. The zero-order valence-corrected chi connectivity index (χ0v) is 10.8. The lowest BCUT2D eigenvalue weighted by Gasteiger charge is -2.22. The molecule has 0 aliphatic carbocycles. The van der Waals surface area contributed by atoms with Crippen molar-refractivity contribution in [3.63, 3.8) is 0 Å². The number of aliphatic hydroxyl groups is 1. The first-order chi connectivity index (χ1) is 7.99. The quantitative estimate of drug-likeness (QED) is 0.914. The van der Waals surface area contributed by atoms with Crippen molar-refractivity contribution < 1.29 is 9.52 Å². The Morgan fingerprint density at radius 3 is 2.59 bits per heavy atom. The summed E-state index contributed by atoms with van der Waals surface area (Å²) in [4.78, 5) is 0. The molecule has 0 saturated carbocycles. The molecule has 1 heterocycles. The maximum Gasteiger partial charge on any atom is 0.0963 e. The van der Waals surface area contributed by atoms with E-state index in [9.17, 15) is 5.11 Å². The molecule has 2 aromatic rings. The predicted octanol–water partition coefficient (Wildman–Crippen LogP) is 4.04. The lowest BCUT2D eigenvalue weighted by atomic mass is 9.91. The van der Waals surface area contributed by atoms with E-state index in [2.05, 4.69) is 0 Å². The van der Waals surface area contributed by atoms with Crippen LogP contribution in [0.15, 0.2) is 41.2 Å². The molecule has 0 aliphatic heterocycles. The molecule has 17 heavy (non-hydrogen) atoms. The Kier molecular flexibility index (Phi) is 3.48. The summed E-state index contributed by atoms with van der Waals surface area (Å²) in [5.74, 6) is 0. The van der Waals surface area contributed by atoms with Gasteiger partial charge >= 0.3 is 0 Å². The number of furan rings is 1. The summed E-state index contributed by atoms with van der Waals surface area (Å²) in [6.45, 7) is 1.74. The van der Waals surface area contributed by atoms with Gasteiger partial charge in [-0.2, -0.15) is 0 Å². The minimum absolute atomic E-state index is 0.448. The molecule has 0 amide bonds. The Bertz CT molecular complexity index is 504. The van der Waals surface area contributed by atoms with Crippen LogP contribution in [-0.4, -0.2) is 5.11 Å². The molecule has 0 spiro atoms. The smallest absolute Gasteiger partial charge is 0.0963 e. The van der Waals surface area contributed by atoms with E-state index in [1.54, 1.807) is 31.4 Å². The van der Waals surface area contributed by atoms with Crippen LogP contribution in [0.25, 0.3) is 0 Å². The number of rotatable bonds is 3. The molecule has 0 radical (unpaired) electrons. The molecule has 4 heteroatoms. The second kappa shape index (κ2) is 4.73. The SMILES string of the molecule is CC(O)(Cc1ccc(Cl)c(Cl)c1)c1ccoc1. The Balaban J connectivity index is 2.23. The molecule has 0 bridgehead atoms. The van der Waals surface area contributed by atoms with Crippen molar-refractivity contribution in [2.75, 3.05) is 0 Å². The average molecular weight is 271 g/mol. The van der Waals surface area contributed by atoms with Gasteiger partial charge in [0.2, 0.25) is 0 Å². The van der Waals surface area contributed by atoms with E-state index in [0.717, 1.165) is 11.1 Å². The van der Waals surface area contributed by atoms with Crippen molar-refractivity contribution in [3.05, 3.63) is 58.0 Å². The Morgan fingerprint density at radius 2 is 2.00 bits per heavy atom. The molecule has 1 unspecified atom stereocenters. The normalized spacial score (nSPS) is 14.6. The van der Waals surface area contributed by atoms with Crippen LogP contribution in [0.2, 0.25) is 10.0 Å². The average Bonchev–Trinajstić information content (AvgIpc) is 2.77. The summed E-state index contributed by atoms with van der Waals surface area (Å²) < 4.78 is 4.97. The maximum atomic E-state index is 10.4. The van der Waals surface area contributed by atoms with E-state index in [1.807, 2.05) is 6.07 Å². The van der Waals surface area contributed by atoms with Crippen LogP contribution in [0.3, 0.4) is 0 Å². The van der Waals surface area contributed by atoms with Crippen molar-refractivity contribution in [1.29, 1.82) is 0 Å². The van der Waals surface area contributed by atoms with Crippen LogP contribution in [-0.2, 0) is 12.0 Å². The van der Waals surface area contributed by atoms with Crippen LogP contribution in [0.4, 0.5) is 0 Å². The minimum atomic E-state index is -0.982. The van der Waals surface area contributed by atoms with Crippen molar-refractivity contribution in [1.82, 2.24) is 0 Å². The van der Waals surface area contributed by atoms with E-state index < -0.39 is 5.60 Å². The van der Waals surface area contributed by atoms with E-state index in [4.69, 9.17) is 27.6 Å². The van der Waals surface area contributed by atoms with Crippen LogP contribution in [0.5, 0.6) is 0 Å². The first-order valence-electron chi connectivity index (χ1n) is 5.18. The molecule has 0 aliphatic rings. The summed E-state index contributed by atoms with van der Waals surface area (Å²) in [7, 11) is 0. The highest BCUT2D eigenvalue weighted by molar-refractivity contribution is 6.42. The fraction of sp³-hybridized carbons (Fsp3) is 0.231. The first-order valence-corrected chi connectivity index (χ1v) is 5.93. The molecule has 1 N–H and O–H groups in total. The van der Waals surface area contributed by atoms with Crippen LogP contribution < -0.4 is 0 Å². The highest BCUT2D eigenvalue weighted by atomic mass is 35.5. The van der Waals surface area contributed by atoms with Gasteiger partial charge in [-0.15, -0.1) is 0 Å². The number of benzene rings is 1. The Labute approximate surface area is 110 Å². The van der Waals surface area contributed by atoms with Crippen LogP contribution in [0.1, 0.15) is 18.1 Å². The van der Waals surface area contributed by atoms with Gasteiger partial charge in [0.1, 0.15) is 0 Å². The van der Waals surface area contributed by atoms with E-state index in [0.29, 0.717) is 16.5 Å². The third-order valence-electron chi connectivity index (χ3n) is 2.68. The van der Waals surface area contributed by atoms with Gasteiger partial charge in [-0.1, -0.05) is 29.3 Å². The predicted molar refractivity (Wildman–Crippen MR) is 68.4 cm³/mol. The zero-order chi connectivity index (χ0) is 12.5. The largest absolute Gasteiger partial charge is 0.472 e. The van der Waals surface area contributed by atoms with Gasteiger partial charge in [0.15, 0.2) is 0 Å². The van der Waals surface area contributed by atoms with Gasteiger partial charge in [-0.3, -0.25) is 0 Å². The third kappa shape index (κ3) is 2.83. The van der Waals surface area contributed by atoms with Crippen molar-refractivity contribution >= 4 is 23.2 Å². The molecule has 1 atom stereocenters. The van der Waals surface area contributed by atoms with Crippen molar-refractivity contribution in [3.8, 4) is 0 Å². The molecule has 2 nitrogen and oxygen atoms in total. The van der Waals surface area contributed by atoms with Crippen LogP contribution >= 0.6 is 23.2 Å². The molecule has 1 aromatic carbocycles. The fourth-order valence-electron chi connectivity index (χ4n) is 1.72. The van der Waals surface area contributed by atoms with E-state index in [1.165, 1.54) is 6.26 Å². The molecule has 2 rings (SSSR count). The first kappa shape index (κ1) is 12.5. The third-order valence-corrected chi connectivity index (χ3v) is 3.41. The van der Waals surface area contributed by atoms with Crippen molar-refractivity contribution in [2.24, 2.45) is 0 Å². The number of halogens is 2. The zero-order valence-electron chi connectivity index (χ0n) is 9.28. The highest BCUT2D eigenvalue weighted by Crippen LogP contribution is 2.29. The minimum Gasteiger partial charge on any atom is -0.472 e. The highest BCUT2D eigenvalue weighted by Gasteiger charge is 2.24. The summed E-state index contributed by atoms with van der Waals surface area (Å²) in [6, 6.07) is 7.09. The van der Waals surface area contributed by atoms with E-state index >= 15 is 0 Å². The fourth-order valence-corrected chi connectivity index (χ4v) is 2.04. The van der Waals surface area contributed by atoms with E-state index in [-0.39, 0.29) is 0 Å². The molecule has 0 saturated heterocycles. The van der Waals surface area contributed by atoms with Gasteiger partial charge in [0.25, 0.3) is 0 Å². The topological polar surface area (TPSA) is 33.4 Å². The second-order valence-electron chi connectivity index (χ2n) is 4.21. The van der Waals surface area contributed by atoms with Crippen LogP contribution in [0, 0.1) is 0 Å². The second-order valence-corrected chi connectivity index (χ2v) is 5.03. The van der Waals surface area contributed by atoms with Gasteiger partial charge in [0, 0.05) is 12.0 Å². The van der Waals surface area contributed by atoms with Gasteiger partial charge in [-0.25, -0.2) is 0 Å². The Hall–Kier alpha value is -0.960. The number of hydrogen-bond acceptors (Lipinski definition) is 2. The molecular formula is C13H12Cl2O2. The number of hydrogen-bond donors (Lipinski definition) is 1. The molecule has 0 fully saturated rings. The lowest BCUT2D eigenvalue weighted by Crippen LogP contribution is -2.23. The lowest BCUT2D eigenvalue weighted by molar-refractivity contribution is 0.0570. The summed E-state index contributed by atoms with van der Waals surface area (Å²) in [6.07, 6.45) is 3.53. The van der Waals surface area contributed by atoms with Gasteiger partial charge in [0.05, 0.1) is 28.2 Å².